The van der Waals surface area contributed by atoms with Crippen LogP contribution in [0.4, 0.5) is 5.69 Å². The molecule has 7 nitrogen and oxygen atoms in total. The molecular formula is C16H9ClN3O4-. The number of rotatable bonds is 4. The van der Waals surface area contributed by atoms with Gasteiger partial charge in [-0.15, -0.1) is 10.2 Å². The van der Waals surface area contributed by atoms with Gasteiger partial charge in [0.15, 0.2) is 0 Å². The van der Waals surface area contributed by atoms with Crippen molar-refractivity contribution in [1.82, 2.24) is 10.2 Å². The highest BCUT2D eigenvalue weighted by atomic mass is 35.5. The highest BCUT2D eigenvalue weighted by molar-refractivity contribution is 6.50. The van der Waals surface area contributed by atoms with Crippen molar-refractivity contribution < 1.29 is 14.4 Å². The summed E-state index contributed by atoms with van der Waals surface area (Å²) in [7, 11) is 0. The SMILES string of the molecule is O=[N+]([O-])c1cc(/C=C(\Cl)c2nnc(-c3ccccc3)o2)ccc1[O-]. The van der Waals surface area contributed by atoms with Crippen molar-refractivity contribution in [3.63, 3.8) is 0 Å². The van der Waals surface area contributed by atoms with Crippen molar-refractivity contribution in [2.45, 2.75) is 0 Å². The Morgan fingerprint density at radius 1 is 1.17 bits per heavy atom. The molecule has 0 aliphatic rings. The van der Waals surface area contributed by atoms with E-state index in [0.717, 1.165) is 17.7 Å². The van der Waals surface area contributed by atoms with E-state index in [0.29, 0.717) is 11.5 Å². The minimum absolute atomic E-state index is 0.0735. The number of nitro groups is 1. The molecule has 1 aromatic heterocycles. The molecule has 3 rings (SSSR count). The van der Waals surface area contributed by atoms with E-state index in [1.165, 1.54) is 12.1 Å². The number of benzene rings is 2. The van der Waals surface area contributed by atoms with Crippen LogP contribution < -0.4 is 5.11 Å². The second-order valence-corrected chi connectivity index (χ2v) is 5.16. The molecule has 2 aromatic carbocycles. The Morgan fingerprint density at radius 2 is 1.92 bits per heavy atom. The average Bonchev–Trinajstić information content (AvgIpc) is 3.07. The topological polar surface area (TPSA) is 105 Å². The summed E-state index contributed by atoms with van der Waals surface area (Å²) in [5.74, 6) is -0.292. The van der Waals surface area contributed by atoms with Gasteiger partial charge in [-0.05, 0) is 29.5 Å². The molecule has 8 heteroatoms. The highest BCUT2D eigenvalue weighted by Gasteiger charge is 2.12. The molecule has 0 spiro atoms. The smallest absolute Gasteiger partial charge is 0.262 e. The maximum absolute atomic E-state index is 11.4. The van der Waals surface area contributed by atoms with Gasteiger partial charge in [-0.1, -0.05) is 41.9 Å². The average molecular weight is 343 g/mol. The van der Waals surface area contributed by atoms with E-state index in [9.17, 15) is 15.2 Å². The minimum Gasteiger partial charge on any atom is -0.868 e. The molecule has 0 aliphatic heterocycles. The van der Waals surface area contributed by atoms with Crippen LogP contribution in [0.2, 0.25) is 0 Å². The van der Waals surface area contributed by atoms with Gasteiger partial charge < -0.3 is 9.52 Å². The standard InChI is InChI=1S/C16H10ClN3O4/c17-12(8-10-6-7-14(21)13(9-10)20(22)23)16-19-18-15(24-16)11-4-2-1-3-5-11/h1-9,21H/p-1/b12-8-. The van der Waals surface area contributed by atoms with Crippen LogP contribution in [0, 0.1) is 10.1 Å². The van der Waals surface area contributed by atoms with Crippen LogP contribution in [0.5, 0.6) is 5.75 Å². The van der Waals surface area contributed by atoms with Crippen molar-refractivity contribution in [1.29, 1.82) is 0 Å². The molecule has 0 saturated carbocycles. The number of nitrogens with zero attached hydrogens (tertiary/aromatic N) is 3. The lowest BCUT2D eigenvalue weighted by molar-refractivity contribution is -0.398. The molecule has 0 radical (unpaired) electrons. The second kappa shape index (κ2) is 6.51. The van der Waals surface area contributed by atoms with Crippen molar-refractivity contribution in [2.24, 2.45) is 0 Å². The van der Waals surface area contributed by atoms with E-state index in [-0.39, 0.29) is 10.9 Å². The summed E-state index contributed by atoms with van der Waals surface area (Å²) in [6, 6.07) is 12.8. The van der Waals surface area contributed by atoms with E-state index < -0.39 is 16.4 Å². The summed E-state index contributed by atoms with van der Waals surface area (Å²) in [4.78, 5) is 10.1. The zero-order valence-corrected chi connectivity index (χ0v) is 12.8. The molecule has 0 aliphatic carbocycles. The summed E-state index contributed by atoms with van der Waals surface area (Å²) >= 11 is 6.13. The Bertz CT molecular complexity index is 922. The molecule has 24 heavy (non-hydrogen) atoms. The van der Waals surface area contributed by atoms with Crippen LogP contribution in [-0.4, -0.2) is 15.1 Å². The summed E-state index contributed by atoms with van der Waals surface area (Å²) in [6.07, 6.45) is 1.41. The van der Waals surface area contributed by atoms with E-state index in [4.69, 9.17) is 16.0 Å². The monoisotopic (exact) mass is 342 g/mol. The van der Waals surface area contributed by atoms with Gasteiger partial charge >= 0.3 is 0 Å². The first-order valence-electron chi connectivity index (χ1n) is 6.76. The zero-order valence-electron chi connectivity index (χ0n) is 12.0. The molecule has 0 bridgehead atoms. The second-order valence-electron chi connectivity index (χ2n) is 4.75. The van der Waals surface area contributed by atoms with Gasteiger partial charge in [0.2, 0.25) is 5.89 Å². The maximum Gasteiger partial charge on any atom is 0.262 e. The summed E-state index contributed by atoms with van der Waals surface area (Å²) in [5.41, 5.74) is 0.599. The van der Waals surface area contributed by atoms with Gasteiger partial charge in [-0.2, -0.15) is 0 Å². The van der Waals surface area contributed by atoms with Crippen LogP contribution in [0.25, 0.3) is 22.6 Å². The Hall–Kier alpha value is -3.19. The summed E-state index contributed by atoms with van der Waals surface area (Å²) in [5, 5.41) is 30.1. The first-order valence-corrected chi connectivity index (χ1v) is 7.14. The number of hydrogen-bond donors (Lipinski definition) is 0. The Kier molecular flexibility index (Phi) is 4.26. The maximum atomic E-state index is 11.4. The molecule has 0 saturated heterocycles. The lowest BCUT2D eigenvalue weighted by Crippen LogP contribution is -1.97. The van der Waals surface area contributed by atoms with E-state index >= 15 is 0 Å². The van der Waals surface area contributed by atoms with Crippen LogP contribution in [0.15, 0.2) is 52.9 Å². The lowest BCUT2D eigenvalue weighted by Gasteiger charge is -2.06. The van der Waals surface area contributed by atoms with Crippen molar-refractivity contribution in [3.8, 4) is 17.2 Å². The third-order valence-electron chi connectivity index (χ3n) is 3.12. The predicted molar refractivity (Wildman–Crippen MR) is 86.0 cm³/mol. The van der Waals surface area contributed by atoms with Crippen LogP contribution in [0.3, 0.4) is 0 Å². The molecule has 120 valence electrons. The fraction of sp³-hybridized carbons (Fsp3) is 0. The van der Waals surface area contributed by atoms with Gasteiger partial charge in [0, 0.05) is 11.6 Å². The Labute approximate surface area is 141 Å². The van der Waals surface area contributed by atoms with Gasteiger partial charge in [-0.3, -0.25) is 10.1 Å². The molecular weight excluding hydrogens is 334 g/mol. The fourth-order valence-corrected chi connectivity index (χ4v) is 2.19. The lowest BCUT2D eigenvalue weighted by atomic mass is 10.1. The van der Waals surface area contributed by atoms with E-state index in [2.05, 4.69) is 10.2 Å². The predicted octanol–water partition coefficient (Wildman–Crippen LogP) is 3.46. The van der Waals surface area contributed by atoms with Gasteiger partial charge in [0.1, 0.15) is 5.03 Å². The van der Waals surface area contributed by atoms with E-state index in [1.807, 2.05) is 30.3 Å². The van der Waals surface area contributed by atoms with Crippen molar-refractivity contribution in [3.05, 3.63) is 70.1 Å². The molecule has 0 N–H and O–H groups in total. The van der Waals surface area contributed by atoms with Gasteiger partial charge in [0.05, 0.1) is 4.92 Å². The minimum atomic E-state index is -0.742. The summed E-state index contributed by atoms with van der Waals surface area (Å²) in [6.45, 7) is 0. The Balaban J connectivity index is 1.91. The molecule has 0 unspecified atom stereocenters. The van der Waals surface area contributed by atoms with Gasteiger partial charge in [0.25, 0.3) is 11.6 Å². The van der Waals surface area contributed by atoms with Crippen LogP contribution >= 0.6 is 11.6 Å². The first kappa shape index (κ1) is 15.7. The highest BCUT2D eigenvalue weighted by Crippen LogP contribution is 2.28. The van der Waals surface area contributed by atoms with E-state index in [1.54, 1.807) is 0 Å². The van der Waals surface area contributed by atoms with Crippen molar-refractivity contribution >= 4 is 28.4 Å². The van der Waals surface area contributed by atoms with Gasteiger partial charge in [-0.25, -0.2) is 0 Å². The largest absolute Gasteiger partial charge is 0.868 e. The summed E-state index contributed by atoms with van der Waals surface area (Å²) < 4.78 is 5.49. The normalized spacial score (nSPS) is 11.5. The zero-order chi connectivity index (χ0) is 17.1. The Morgan fingerprint density at radius 3 is 2.62 bits per heavy atom. The first-order chi connectivity index (χ1) is 11.5. The molecule has 0 amide bonds. The fourth-order valence-electron chi connectivity index (χ4n) is 1.99. The third kappa shape index (κ3) is 3.26. The van der Waals surface area contributed by atoms with Crippen LogP contribution in [-0.2, 0) is 0 Å². The number of aromatic nitrogens is 2. The quantitative estimate of drug-likeness (QED) is 0.531. The molecule has 1 heterocycles. The number of nitro benzene ring substituents is 1. The van der Waals surface area contributed by atoms with Crippen molar-refractivity contribution in [2.75, 3.05) is 0 Å². The third-order valence-corrected chi connectivity index (χ3v) is 3.39. The molecule has 3 aromatic rings. The molecule has 0 atom stereocenters. The van der Waals surface area contributed by atoms with Crippen LogP contribution in [0.1, 0.15) is 11.5 Å². The number of hydrogen-bond acceptors (Lipinski definition) is 6. The molecule has 0 fully saturated rings. The number of halogens is 1.